The molecule has 4 nitrogen and oxygen atoms in total. The van der Waals surface area contributed by atoms with Crippen molar-refractivity contribution in [3.8, 4) is 11.8 Å². The van der Waals surface area contributed by atoms with Gasteiger partial charge in [0.15, 0.2) is 0 Å². The minimum Gasteiger partial charge on any atom is -0.384 e. The average Bonchev–Trinajstić information content (AvgIpc) is 2.35. The zero-order chi connectivity index (χ0) is 13.7. The highest BCUT2D eigenvalue weighted by atomic mass is 35.5. The molecule has 0 aromatic heterocycles. The molecule has 1 saturated carbocycles. The molecule has 19 heavy (non-hydrogen) atoms. The number of carbonyl (C=O) groups is 1. The molecule has 1 aliphatic rings. The number of urea groups is 1. The molecule has 0 radical (unpaired) electrons. The summed E-state index contributed by atoms with van der Waals surface area (Å²) in [5, 5.41) is 14.7. The highest BCUT2D eigenvalue weighted by Crippen LogP contribution is 2.23. The molecule has 1 fully saturated rings. The van der Waals surface area contributed by atoms with E-state index in [2.05, 4.69) is 22.5 Å². The summed E-state index contributed by atoms with van der Waals surface area (Å²) in [6, 6.07) is 5.11. The fourth-order valence-electron chi connectivity index (χ4n) is 1.74. The lowest BCUT2D eigenvalue weighted by atomic mass is 9.93. The Morgan fingerprint density at radius 1 is 1.47 bits per heavy atom. The van der Waals surface area contributed by atoms with E-state index in [1.165, 1.54) is 0 Å². The van der Waals surface area contributed by atoms with E-state index in [9.17, 15) is 4.79 Å². The van der Waals surface area contributed by atoms with Crippen molar-refractivity contribution in [2.75, 3.05) is 11.9 Å². The number of halogens is 1. The number of aliphatic hydroxyl groups excluding tert-OH is 1. The Hall–Kier alpha value is -1.70. The number of rotatable bonds is 2. The highest BCUT2D eigenvalue weighted by molar-refractivity contribution is 6.33. The van der Waals surface area contributed by atoms with Crippen LogP contribution >= 0.6 is 11.6 Å². The van der Waals surface area contributed by atoms with E-state index in [0.717, 1.165) is 19.3 Å². The number of hydrogen-bond acceptors (Lipinski definition) is 2. The SMILES string of the molecule is O=C(Nc1cc(C#CCO)ccc1Cl)NC1CCC1. The van der Waals surface area contributed by atoms with Crippen LogP contribution in [-0.4, -0.2) is 23.8 Å². The molecule has 1 aromatic rings. The predicted molar refractivity (Wildman–Crippen MR) is 75.2 cm³/mol. The van der Waals surface area contributed by atoms with Crippen molar-refractivity contribution in [2.45, 2.75) is 25.3 Å². The Morgan fingerprint density at radius 2 is 2.26 bits per heavy atom. The van der Waals surface area contributed by atoms with E-state index in [-0.39, 0.29) is 18.7 Å². The minimum atomic E-state index is -0.251. The summed E-state index contributed by atoms with van der Waals surface area (Å²) in [6.07, 6.45) is 3.23. The van der Waals surface area contributed by atoms with E-state index in [0.29, 0.717) is 16.3 Å². The molecule has 0 atom stereocenters. The Bertz CT molecular complexity index is 530. The number of hydrogen-bond donors (Lipinski definition) is 3. The number of benzene rings is 1. The molecule has 2 rings (SSSR count). The second-order valence-corrected chi connectivity index (χ2v) is 4.79. The molecule has 0 unspecified atom stereocenters. The van der Waals surface area contributed by atoms with E-state index >= 15 is 0 Å². The van der Waals surface area contributed by atoms with Crippen molar-refractivity contribution in [3.63, 3.8) is 0 Å². The van der Waals surface area contributed by atoms with Crippen LogP contribution in [0.3, 0.4) is 0 Å². The van der Waals surface area contributed by atoms with Gasteiger partial charge in [-0.15, -0.1) is 0 Å². The number of anilines is 1. The molecule has 5 heteroatoms. The lowest BCUT2D eigenvalue weighted by molar-refractivity contribution is 0.240. The molecular weight excluding hydrogens is 264 g/mol. The number of aliphatic hydroxyl groups is 1. The molecule has 0 heterocycles. The van der Waals surface area contributed by atoms with Crippen LogP contribution in [0, 0.1) is 11.8 Å². The lowest BCUT2D eigenvalue weighted by Crippen LogP contribution is -2.41. The first-order chi connectivity index (χ1) is 9.19. The molecule has 0 spiro atoms. The van der Waals surface area contributed by atoms with Gasteiger partial charge in [0.05, 0.1) is 10.7 Å². The zero-order valence-electron chi connectivity index (χ0n) is 10.4. The third-order valence-corrected chi connectivity index (χ3v) is 3.30. The van der Waals surface area contributed by atoms with Gasteiger partial charge in [-0.25, -0.2) is 4.79 Å². The van der Waals surface area contributed by atoms with Crippen molar-refractivity contribution >= 4 is 23.3 Å². The molecule has 100 valence electrons. The van der Waals surface area contributed by atoms with Crippen molar-refractivity contribution in [1.29, 1.82) is 0 Å². The molecule has 0 bridgehead atoms. The number of amides is 2. The second-order valence-electron chi connectivity index (χ2n) is 4.38. The van der Waals surface area contributed by atoms with Crippen molar-refractivity contribution < 1.29 is 9.90 Å². The third kappa shape index (κ3) is 3.88. The van der Waals surface area contributed by atoms with Crippen LogP contribution in [0.25, 0.3) is 0 Å². The molecule has 0 saturated heterocycles. The molecule has 3 N–H and O–H groups in total. The second kappa shape index (κ2) is 6.46. The van der Waals surface area contributed by atoms with Crippen LogP contribution < -0.4 is 10.6 Å². The smallest absolute Gasteiger partial charge is 0.319 e. The van der Waals surface area contributed by atoms with Crippen molar-refractivity contribution in [3.05, 3.63) is 28.8 Å². The summed E-state index contributed by atoms with van der Waals surface area (Å²) in [4.78, 5) is 11.7. The Kier molecular flexibility index (Phi) is 4.67. The molecule has 1 aromatic carbocycles. The van der Waals surface area contributed by atoms with E-state index in [4.69, 9.17) is 16.7 Å². The number of nitrogens with one attached hydrogen (secondary N) is 2. The van der Waals surface area contributed by atoms with E-state index < -0.39 is 0 Å². The van der Waals surface area contributed by atoms with Gasteiger partial charge < -0.3 is 15.7 Å². The first-order valence-corrected chi connectivity index (χ1v) is 6.53. The maximum Gasteiger partial charge on any atom is 0.319 e. The highest BCUT2D eigenvalue weighted by Gasteiger charge is 2.19. The van der Waals surface area contributed by atoms with E-state index in [1.54, 1.807) is 18.2 Å². The molecule has 0 aliphatic heterocycles. The van der Waals surface area contributed by atoms with Crippen LogP contribution in [0.1, 0.15) is 24.8 Å². The summed E-state index contributed by atoms with van der Waals surface area (Å²) in [5.74, 6) is 5.32. The number of carbonyl (C=O) groups excluding carboxylic acids is 1. The Balaban J connectivity index is 2.03. The predicted octanol–water partition coefficient (Wildman–Crippen LogP) is 2.36. The minimum absolute atomic E-state index is 0.201. The van der Waals surface area contributed by atoms with Gasteiger partial charge in [0.1, 0.15) is 6.61 Å². The van der Waals surface area contributed by atoms with Crippen molar-refractivity contribution in [2.24, 2.45) is 0 Å². The van der Waals surface area contributed by atoms with Crippen LogP contribution in [0.15, 0.2) is 18.2 Å². The average molecular weight is 279 g/mol. The topological polar surface area (TPSA) is 61.4 Å². The fraction of sp³-hybridized carbons (Fsp3) is 0.357. The van der Waals surface area contributed by atoms with Crippen LogP contribution in [0.2, 0.25) is 5.02 Å². The summed E-state index contributed by atoms with van der Waals surface area (Å²) in [6.45, 7) is -0.201. The Morgan fingerprint density at radius 3 is 2.89 bits per heavy atom. The van der Waals surface area contributed by atoms with Gasteiger partial charge in [-0.05, 0) is 37.5 Å². The fourth-order valence-corrected chi connectivity index (χ4v) is 1.90. The third-order valence-electron chi connectivity index (χ3n) is 2.97. The van der Waals surface area contributed by atoms with Crippen LogP contribution in [-0.2, 0) is 0 Å². The lowest BCUT2D eigenvalue weighted by Gasteiger charge is -2.26. The largest absolute Gasteiger partial charge is 0.384 e. The summed E-state index contributed by atoms with van der Waals surface area (Å²) >= 11 is 6.02. The van der Waals surface area contributed by atoms with E-state index in [1.807, 2.05) is 0 Å². The first kappa shape index (κ1) is 13.7. The van der Waals surface area contributed by atoms with Gasteiger partial charge in [0, 0.05) is 11.6 Å². The zero-order valence-corrected chi connectivity index (χ0v) is 11.1. The monoisotopic (exact) mass is 278 g/mol. The summed E-state index contributed by atoms with van der Waals surface area (Å²) in [7, 11) is 0. The normalized spacial score (nSPS) is 14.0. The van der Waals surface area contributed by atoms with Gasteiger partial charge in [-0.1, -0.05) is 23.4 Å². The van der Waals surface area contributed by atoms with Crippen molar-refractivity contribution in [1.82, 2.24) is 5.32 Å². The standard InChI is InChI=1S/C14H15ClN2O2/c15-12-7-6-10(3-2-8-18)9-13(12)17-14(19)16-11-4-1-5-11/h6-7,9,11,18H,1,4-5,8H2,(H2,16,17,19). The van der Waals surface area contributed by atoms with Gasteiger partial charge in [-0.3, -0.25) is 0 Å². The van der Waals surface area contributed by atoms with Gasteiger partial charge >= 0.3 is 6.03 Å². The molecule has 2 amide bonds. The molecule has 1 aliphatic carbocycles. The maximum atomic E-state index is 11.7. The molecular formula is C14H15ClN2O2. The van der Waals surface area contributed by atoms with Crippen LogP contribution in [0.5, 0.6) is 0 Å². The van der Waals surface area contributed by atoms with Crippen LogP contribution in [0.4, 0.5) is 10.5 Å². The summed E-state index contributed by atoms with van der Waals surface area (Å²) in [5.41, 5.74) is 1.21. The maximum absolute atomic E-state index is 11.7. The Labute approximate surface area is 117 Å². The quantitative estimate of drug-likeness (QED) is 0.727. The summed E-state index contributed by atoms with van der Waals surface area (Å²) < 4.78 is 0. The first-order valence-electron chi connectivity index (χ1n) is 6.16. The van der Waals surface area contributed by atoms with Gasteiger partial charge in [0.2, 0.25) is 0 Å². The van der Waals surface area contributed by atoms with Gasteiger partial charge in [-0.2, -0.15) is 0 Å². The van der Waals surface area contributed by atoms with Gasteiger partial charge in [0.25, 0.3) is 0 Å².